The van der Waals surface area contributed by atoms with E-state index in [0.29, 0.717) is 12.1 Å². The monoisotopic (exact) mass is 371 g/mol. The van der Waals surface area contributed by atoms with Gasteiger partial charge in [0.2, 0.25) is 5.91 Å². The minimum absolute atomic E-state index is 0.0928. The highest BCUT2D eigenvalue weighted by Gasteiger charge is 2.31. The predicted molar refractivity (Wildman–Crippen MR) is 110 cm³/mol. The van der Waals surface area contributed by atoms with Gasteiger partial charge in [-0.1, -0.05) is 42.5 Å². The number of nitrogen functional groups attached to an aromatic ring is 1. The first-order valence-corrected chi connectivity index (χ1v) is 9.16. The summed E-state index contributed by atoms with van der Waals surface area (Å²) in [5, 5.41) is 6.13. The number of nitrogens with two attached hydrogens (primary N) is 1. The lowest BCUT2D eigenvalue weighted by Gasteiger charge is -2.21. The lowest BCUT2D eigenvalue weighted by molar-refractivity contribution is -0.130. The van der Waals surface area contributed by atoms with Gasteiger partial charge in [-0.2, -0.15) is 5.10 Å². The van der Waals surface area contributed by atoms with E-state index in [1.165, 1.54) is 6.92 Å². The maximum Gasteiger partial charge on any atom is 0.240 e. The quantitative estimate of drug-likeness (QED) is 0.673. The lowest BCUT2D eigenvalue weighted by Crippen LogP contribution is -2.24. The molecule has 2 N–H and O–H groups in total. The molecule has 0 radical (unpaired) electrons. The number of nitrogens with zero attached hydrogens (tertiary/aromatic N) is 2. The van der Waals surface area contributed by atoms with Gasteiger partial charge in [-0.3, -0.25) is 4.79 Å². The van der Waals surface area contributed by atoms with Gasteiger partial charge in [0.1, 0.15) is 11.5 Å². The van der Waals surface area contributed by atoms with Crippen LogP contribution < -0.4 is 10.5 Å². The van der Waals surface area contributed by atoms with Gasteiger partial charge >= 0.3 is 0 Å². The van der Waals surface area contributed by atoms with Crippen molar-refractivity contribution >= 4 is 17.3 Å². The minimum atomic E-state index is -0.163. The Hall–Kier alpha value is -3.60. The Kier molecular flexibility index (Phi) is 4.81. The molecule has 4 rings (SSSR count). The van der Waals surface area contributed by atoms with E-state index < -0.39 is 0 Å². The van der Waals surface area contributed by atoms with Gasteiger partial charge in [-0.25, -0.2) is 5.01 Å². The molecule has 3 aromatic rings. The van der Waals surface area contributed by atoms with Crippen molar-refractivity contribution in [3.63, 3.8) is 0 Å². The highest BCUT2D eigenvalue weighted by molar-refractivity contribution is 6.03. The molecule has 1 atom stereocenters. The molecule has 1 amide bonds. The number of amides is 1. The average Bonchev–Trinajstić information content (AvgIpc) is 3.15. The third-order valence-corrected chi connectivity index (χ3v) is 4.70. The van der Waals surface area contributed by atoms with Gasteiger partial charge in [0.25, 0.3) is 0 Å². The van der Waals surface area contributed by atoms with Gasteiger partial charge < -0.3 is 10.5 Å². The topological polar surface area (TPSA) is 67.9 Å². The van der Waals surface area contributed by atoms with Gasteiger partial charge in [0.15, 0.2) is 0 Å². The van der Waals surface area contributed by atoms with Crippen LogP contribution in [0, 0.1) is 0 Å². The van der Waals surface area contributed by atoms with E-state index in [2.05, 4.69) is 5.10 Å². The van der Waals surface area contributed by atoms with E-state index in [9.17, 15) is 4.79 Å². The zero-order chi connectivity index (χ0) is 19.5. The van der Waals surface area contributed by atoms with Gasteiger partial charge in [-0.05, 0) is 47.5 Å². The highest BCUT2D eigenvalue weighted by Crippen LogP contribution is 2.35. The summed E-state index contributed by atoms with van der Waals surface area (Å²) in [5.74, 6) is 1.41. The summed E-state index contributed by atoms with van der Waals surface area (Å²) in [6, 6.07) is 24.8. The first-order valence-electron chi connectivity index (χ1n) is 9.16. The number of ether oxygens (including phenoxy) is 1. The third kappa shape index (κ3) is 3.74. The van der Waals surface area contributed by atoms with E-state index in [4.69, 9.17) is 10.5 Å². The summed E-state index contributed by atoms with van der Waals surface area (Å²) >= 11 is 0. The summed E-state index contributed by atoms with van der Waals surface area (Å²) in [7, 11) is 0. The van der Waals surface area contributed by atoms with Crippen molar-refractivity contribution in [3.8, 4) is 11.5 Å². The largest absolute Gasteiger partial charge is 0.457 e. The van der Waals surface area contributed by atoms with E-state index >= 15 is 0 Å². The number of para-hydroxylation sites is 1. The Balaban J connectivity index is 1.60. The fourth-order valence-electron chi connectivity index (χ4n) is 3.32. The molecule has 0 aliphatic carbocycles. The van der Waals surface area contributed by atoms with Crippen LogP contribution in [0.25, 0.3) is 0 Å². The number of benzene rings is 3. The number of carbonyl (C=O) groups is 1. The lowest BCUT2D eigenvalue weighted by atomic mass is 9.98. The van der Waals surface area contributed by atoms with Crippen LogP contribution in [0.3, 0.4) is 0 Å². The molecule has 5 nitrogen and oxygen atoms in total. The van der Waals surface area contributed by atoms with Gasteiger partial charge in [0, 0.05) is 19.0 Å². The zero-order valence-electron chi connectivity index (χ0n) is 15.6. The second-order valence-corrected chi connectivity index (χ2v) is 6.74. The zero-order valence-corrected chi connectivity index (χ0v) is 15.6. The number of carbonyl (C=O) groups excluding carboxylic acids is 1. The summed E-state index contributed by atoms with van der Waals surface area (Å²) < 4.78 is 5.94. The number of hydrogen-bond acceptors (Lipinski definition) is 4. The number of rotatable bonds is 4. The fourth-order valence-corrected chi connectivity index (χ4v) is 3.32. The standard InChI is InChI=1S/C23H21N3O2/c1-16(27)26-23(15-22(25-26)17-10-12-19(24)13-11-17)18-6-5-9-21(14-18)28-20-7-3-2-4-8-20/h2-14,23H,15,24H2,1H3. The molecule has 0 bridgehead atoms. The molecule has 0 saturated heterocycles. The number of hydrazone groups is 1. The maximum absolute atomic E-state index is 12.2. The maximum atomic E-state index is 12.2. The Morgan fingerprint density at radius 3 is 2.43 bits per heavy atom. The fraction of sp³-hybridized carbons (Fsp3) is 0.130. The summed E-state index contributed by atoms with van der Waals surface area (Å²) in [6.07, 6.45) is 0.637. The molecule has 1 unspecified atom stereocenters. The van der Waals surface area contributed by atoms with Crippen molar-refractivity contribution in [3.05, 3.63) is 90.0 Å². The molecule has 5 heteroatoms. The molecular weight excluding hydrogens is 350 g/mol. The van der Waals surface area contributed by atoms with Crippen LogP contribution in [0.5, 0.6) is 11.5 Å². The molecule has 3 aromatic carbocycles. The van der Waals surface area contributed by atoms with E-state index in [1.54, 1.807) is 5.01 Å². The Morgan fingerprint density at radius 2 is 1.71 bits per heavy atom. The van der Waals surface area contributed by atoms with Crippen molar-refractivity contribution < 1.29 is 9.53 Å². The molecule has 1 heterocycles. The van der Waals surface area contributed by atoms with Crippen molar-refractivity contribution in [2.45, 2.75) is 19.4 Å². The number of hydrogen-bond donors (Lipinski definition) is 1. The molecule has 0 saturated carbocycles. The first kappa shape index (κ1) is 17.8. The summed E-state index contributed by atoms with van der Waals surface area (Å²) in [4.78, 5) is 12.2. The van der Waals surface area contributed by atoms with Gasteiger partial charge in [0.05, 0.1) is 11.8 Å². The normalized spacial score (nSPS) is 16.0. The third-order valence-electron chi connectivity index (χ3n) is 4.70. The van der Waals surface area contributed by atoms with Crippen LogP contribution in [-0.4, -0.2) is 16.6 Å². The summed E-state index contributed by atoms with van der Waals surface area (Å²) in [5.41, 5.74) is 9.31. The van der Waals surface area contributed by atoms with E-state index in [-0.39, 0.29) is 11.9 Å². The van der Waals surface area contributed by atoms with Crippen LogP contribution >= 0.6 is 0 Å². The SMILES string of the molecule is CC(=O)N1N=C(c2ccc(N)cc2)CC1c1cccc(Oc2ccccc2)c1. The van der Waals surface area contributed by atoms with Crippen LogP contribution in [0.4, 0.5) is 5.69 Å². The Labute approximate surface area is 164 Å². The molecule has 1 aliphatic heterocycles. The highest BCUT2D eigenvalue weighted by atomic mass is 16.5. The Morgan fingerprint density at radius 1 is 1.00 bits per heavy atom. The molecular formula is C23H21N3O2. The van der Waals surface area contributed by atoms with E-state index in [0.717, 1.165) is 28.3 Å². The van der Waals surface area contributed by atoms with Crippen LogP contribution in [-0.2, 0) is 4.79 Å². The Bertz CT molecular complexity index is 1010. The smallest absolute Gasteiger partial charge is 0.240 e. The van der Waals surface area contributed by atoms with Crippen molar-refractivity contribution in [2.24, 2.45) is 5.10 Å². The molecule has 0 aromatic heterocycles. The molecule has 140 valence electrons. The van der Waals surface area contributed by atoms with E-state index in [1.807, 2.05) is 78.9 Å². The molecule has 0 fully saturated rings. The van der Waals surface area contributed by atoms with Crippen LogP contribution in [0.1, 0.15) is 30.5 Å². The second kappa shape index (κ2) is 7.56. The van der Waals surface area contributed by atoms with Crippen LogP contribution in [0.15, 0.2) is 84.0 Å². The number of anilines is 1. The summed E-state index contributed by atoms with van der Waals surface area (Å²) in [6.45, 7) is 1.53. The minimum Gasteiger partial charge on any atom is -0.457 e. The van der Waals surface area contributed by atoms with Gasteiger partial charge in [-0.15, -0.1) is 0 Å². The van der Waals surface area contributed by atoms with Crippen LogP contribution in [0.2, 0.25) is 0 Å². The molecule has 0 spiro atoms. The van der Waals surface area contributed by atoms with Crippen molar-refractivity contribution in [1.29, 1.82) is 0 Å². The average molecular weight is 371 g/mol. The second-order valence-electron chi connectivity index (χ2n) is 6.74. The van der Waals surface area contributed by atoms with Crippen molar-refractivity contribution in [2.75, 3.05) is 5.73 Å². The predicted octanol–water partition coefficient (Wildman–Crippen LogP) is 4.76. The molecule has 1 aliphatic rings. The first-order chi connectivity index (χ1) is 13.6. The molecule has 28 heavy (non-hydrogen) atoms. The van der Waals surface area contributed by atoms with Crippen molar-refractivity contribution in [1.82, 2.24) is 5.01 Å².